The summed E-state index contributed by atoms with van der Waals surface area (Å²) in [5.41, 5.74) is 0.950. The maximum Gasteiger partial charge on any atom is 0.261 e. The Morgan fingerprint density at radius 1 is 0.962 bits per heavy atom. The van der Waals surface area contributed by atoms with Crippen LogP contribution in [0.5, 0.6) is 0 Å². The highest BCUT2D eigenvalue weighted by atomic mass is 16.2. The van der Waals surface area contributed by atoms with Gasteiger partial charge in [-0.2, -0.15) is 0 Å². The standard InChI is InChI=1S/C21H26N2O3/c24-19(22-13-11-15-6-1-2-7-16(15)14-22)10-5-12-23-20(25)17-8-3-4-9-18(17)21(23)26/h3-4,8-9,15-16H,1-2,5-7,10-14H2/t15-,16-/m0/s1. The number of benzene rings is 1. The quantitative estimate of drug-likeness (QED) is 0.781. The van der Waals surface area contributed by atoms with Crippen molar-refractivity contribution in [2.75, 3.05) is 19.6 Å². The summed E-state index contributed by atoms with van der Waals surface area (Å²) >= 11 is 0. The largest absolute Gasteiger partial charge is 0.342 e. The van der Waals surface area contributed by atoms with Crippen LogP contribution in [-0.2, 0) is 4.79 Å². The Hall–Kier alpha value is -2.17. The lowest BCUT2D eigenvalue weighted by atomic mass is 9.75. The summed E-state index contributed by atoms with van der Waals surface area (Å²) in [5.74, 6) is 1.19. The summed E-state index contributed by atoms with van der Waals surface area (Å²) in [4.78, 5) is 40.6. The Balaban J connectivity index is 1.28. The van der Waals surface area contributed by atoms with Crippen molar-refractivity contribution in [3.05, 3.63) is 35.4 Å². The molecule has 26 heavy (non-hydrogen) atoms. The fourth-order valence-electron chi connectivity index (χ4n) is 4.82. The van der Waals surface area contributed by atoms with Crippen LogP contribution in [0.3, 0.4) is 0 Å². The van der Waals surface area contributed by atoms with Gasteiger partial charge < -0.3 is 4.90 Å². The molecule has 0 radical (unpaired) electrons. The van der Waals surface area contributed by atoms with Crippen LogP contribution in [0, 0.1) is 11.8 Å². The van der Waals surface area contributed by atoms with E-state index in [1.165, 1.54) is 30.6 Å². The van der Waals surface area contributed by atoms with E-state index in [0.717, 1.165) is 25.4 Å². The molecule has 2 aliphatic heterocycles. The van der Waals surface area contributed by atoms with E-state index in [9.17, 15) is 14.4 Å². The summed E-state index contributed by atoms with van der Waals surface area (Å²) in [6.45, 7) is 2.08. The predicted molar refractivity (Wildman–Crippen MR) is 97.7 cm³/mol. The second-order valence-corrected chi connectivity index (χ2v) is 7.84. The van der Waals surface area contributed by atoms with Gasteiger partial charge in [0.2, 0.25) is 5.91 Å². The van der Waals surface area contributed by atoms with Crippen LogP contribution in [0.4, 0.5) is 0 Å². The molecule has 5 heteroatoms. The lowest BCUT2D eigenvalue weighted by Crippen LogP contribution is -2.44. The van der Waals surface area contributed by atoms with Gasteiger partial charge in [-0.05, 0) is 43.2 Å². The molecule has 1 saturated carbocycles. The van der Waals surface area contributed by atoms with Gasteiger partial charge in [0.15, 0.2) is 0 Å². The van der Waals surface area contributed by atoms with Crippen LogP contribution in [0.1, 0.15) is 65.7 Å². The molecular formula is C21H26N2O3. The van der Waals surface area contributed by atoms with E-state index in [-0.39, 0.29) is 17.7 Å². The topological polar surface area (TPSA) is 57.7 Å². The number of piperidine rings is 1. The summed E-state index contributed by atoms with van der Waals surface area (Å²) < 4.78 is 0. The van der Waals surface area contributed by atoms with Crippen molar-refractivity contribution in [1.29, 1.82) is 0 Å². The minimum Gasteiger partial charge on any atom is -0.342 e. The fraction of sp³-hybridized carbons (Fsp3) is 0.571. The van der Waals surface area contributed by atoms with Crippen LogP contribution in [0.15, 0.2) is 24.3 Å². The van der Waals surface area contributed by atoms with Gasteiger partial charge in [0.05, 0.1) is 11.1 Å². The van der Waals surface area contributed by atoms with Crippen LogP contribution in [0.2, 0.25) is 0 Å². The number of imide groups is 1. The van der Waals surface area contributed by atoms with Crippen molar-refractivity contribution >= 4 is 17.7 Å². The number of carbonyl (C=O) groups is 3. The van der Waals surface area contributed by atoms with Gasteiger partial charge in [-0.15, -0.1) is 0 Å². The molecule has 0 spiro atoms. The van der Waals surface area contributed by atoms with Crippen molar-refractivity contribution in [3.8, 4) is 0 Å². The number of nitrogens with zero attached hydrogens (tertiary/aromatic N) is 2. The van der Waals surface area contributed by atoms with Gasteiger partial charge in [-0.1, -0.05) is 31.4 Å². The number of rotatable bonds is 4. The average Bonchev–Trinajstić information content (AvgIpc) is 2.92. The number of hydrogen-bond acceptors (Lipinski definition) is 3. The maximum absolute atomic E-state index is 12.6. The minimum absolute atomic E-state index is 0.172. The van der Waals surface area contributed by atoms with Gasteiger partial charge in [-0.25, -0.2) is 0 Å². The van der Waals surface area contributed by atoms with E-state index < -0.39 is 0 Å². The van der Waals surface area contributed by atoms with Crippen LogP contribution >= 0.6 is 0 Å². The van der Waals surface area contributed by atoms with E-state index in [0.29, 0.717) is 36.4 Å². The van der Waals surface area contributed by atoms with E-state index in [1.807, 2.05) is 4.90 Å². The highest BCUT2D eigenvalue weighted by Crippen LogP contribution is 2.36. The van der Waals surface area contributed by atoms with E-state index >= 15 is 0 Å². The van der Waals surface area contributed by atoms with E-state index in [4.69, 9.17) is 0 Å². The summed E-state index contributed by atoms with van der Waals surface area (Å²) in [6, 6.07) is 6.92. The molecule has 2 atom stereocenters. The third-order valence-electron chi connectivity index (χ3n) is 6.29. The van der Waals surface area contributed by atoms with Crippen molar-refractivity contribution in [2.45, 2.75) is 44.9 Å². The normalized spacial score (nSPS) is 25.2. The minimum atomic E-state index is -0.235. The average molecular weight is 354 g/mol. The summed E-state index contributed by atoms with van der Waals surface area (Å²) in [6.07, 6.45) is 7.29. The molecule has 5 nitrogen and oxygen atoms in total. The Morgan fingerprint density at radius 3 is 2.31 bits per heavy atom. The third-order valence-corrected chi connectivity index (χ3v) is 6.29. The first-order chi connectivity index (χ1) is 12.6. The molecule has 0 bridgehead atoms. The zero-order valence-electron chi connectivity index (χ0n) is 15.2. The van der Waals surface area contributed by atoms with Crippen LogP contribution < -0.4 is 0 Å². The number of amides is 3. The molecule has 2 fully saturated rings. The molecule has 2 heterocycles. The molecule has 138 valence electrons. The van der Waals surface area contributed by atoms with Gasteiger partial charge in [-0.3, -0.25) is 19.3 Å². The smallest absolute Gasteiger partial charge is 0.261 e. The monoisotopic (exact) mass is 354 g/mol. The van der Waals surface area contributed by atoms with Crippen LogP contribution in [0.25, 0.3) is 0 Å². The first-order valence-electron chi connectivity index (χ1n) is 9.88. The Bertz CT molecular complexity index is 695. The van der Waals surface area contributed by atoms with Gasteiger partial charge >= 0.3 is 0 Å². The van der Waals surface area contributed by atoms with Gasteiger partial charge in [0, 0.05) is 26.1 Å². The molecule has 1 saturated heterocycles. The maximum atomic E-state index is 12.6. The predicted octanol–water partition coefficient (Wildman–Crippen LogP) is 3.10. The molecule has 0 N–H and O–H groups in total. The third kappa shape index (κ3) is 3.15. The van der Waals surface area contributed by atoms with Gasteiger partial charge in [0.25, 0.3) is 11.8 Å². The molecule has 0 unspecified atom stereocenters. The first-order valence-corrected chi connectivity index (χ1v) is 9.88. The SMILES string of the molecule is O=C(CCCN1C(=O)c2ccccc2C1=O)N1CC[C@@H]2CCCC[C@H]2C1. The van der Waals surface area contributed by atoms with Gasteiger partial charge in [0.1, 0.15) is 0 Å². The molecule has 0 aromatic heterocycles. The summed E-state index contributed by atoms with van der Waals surface area (Å²) in [7, 11) is 0. The second kappa shape index (κ2) is 7.22. The van der Waals surface area contributed by atoms with E-state index in [1.54, 1.807) is 24.3 Å². The van der Waals surface area contributed by atoms with Crippen molar-refractivity contribution in [2.24, 2.45) is 11.8 Å². The molecule has 4 rings (SSSR count). The molecule has 3 amide bonds. The number of fused-ring (bicyclic) bond motifs is 2. The summed E-state index contributed by atoms with van der Waals surface area (Å²) in [5, 5.41) is 0. The zero-order valence-corrected chi connectivity index (χ0v) is 15.2. The number of carbonyl (C=O) groups excluding carboxylic acids is 3. The van der Waals surface area contributed by atoms with Crippen LogP contribution in [-0.4, -0.2) is 47.2 Å². The molecule has 1 aliphatic carbocycles. The van der Waals surface area contributed by atoms with E-state index in [2.05, 4.69) is 0 Å². The Morgan fingerprint density at radius 2 is 1.62 bits per heavy atom. The lowest BCUT2D eigenvalue weighted by Gasteiger charge is -2.41. The Kier molecular flexibility index (Phi) is 4.79. The molecule has 1 aromatic carbocycles. The lowest BCUT2D eigenvalue weighted by molar-refractivity contribution is -0.134. The van der Waals surface area contributed by atoms with Crippen molar-refractivity contribution in [1.82, 2.24) is 9.80 Å². The molecule has 3 aliphatic rings. The highest BCUT2D eigenvalue weighted by Gasteiger charge is 2.35. The zero-order chi connectivity index (χ0) is 18.1. The van der Waals surface area contributed by atoms with Crippen molar-refractivity contribution < 1.29 is 14.4 Å². The molecule has 1 aromatic rings. The Labute approximate surface area is 154 Å². The molecular weight excluding hydrogens is 328 g/mol. The first kappa shape index (κ1) is 17.3. The second-order valence-electron chi connectivity index (χ2n) is 7.84. The number of hydrogen-bond donors (Lipinski definition) is 0. The highest BCUT2D eigenvalue weighted by molar-refractivity contribution is 6.21. The number of likely N-dealkylation sites (tertiary alicyclic amines) is 1. The fourth-order valence-corrected chi connectivity index (χ4v) is 4.82. The van der Waals surface area contributed by atoms with Crippen molar-refractivity contribution in [3.63, 3.8) is 0 Å².